The van der Waals surface area contributed by atoms with Gasteiger partial charge in [0.25, 0.3) is 11.8 Å². The number of rotatable bonds is 7. The summed E-state index contributed by atoms with van der Waals surface area (Å²) in [5, 5.41) is 5.44. The Hall–Kier alpha value is -3.10. The van der Waals surface area contributed by atoms with Crippen LogP contribution in [0.5, 0.6) is 5.75 Å². The van der Waals surface area contributed by atoms with Gasteiger partial charge < -0.3 is 15.4 Å². The zero-order chi connectivity index (χ0) is 21.8. The molecule has 0 aliphatic rings. The fourth-order valence-electron chi connectivity index (χ4n) is 2.57. The molecule has 0 radical (unpaired) electrons. The van der Waals surface area contributed by atoms with Crippen LogP contribution in [0.15, 0.2) is 24.4 Å². The van der Waals surface area contributed by atoms with Crippen LogP contribution in [0.25, 0.3) is 0 Å². The molecule has 0 aromatic carbocycles. The van der Waals surface area contributed by atoms with Crippen LogP contribution >= 0.6 is 0 Å². The molecule has 0 aliphatic carbocycles. The van der Waals surface area contributed by atoms with Gasteiger partial charge in [0.1, 0.15) is 17.3 Å². The fourth-order valence-corrected chi connectivity index (χ4v) is 2.57. The largest absolute Gasteiger partial charge is 0.485 e. The number of pyridine rings is 2. The molecule has 9 heteroatoms. The van der Waals surface area contributed by atoms with Gasteiger partial charge in [-0.2, -0.15) is 0 Å². The average Bonchev–Trinajstić information content (AvgIpc) is 2.58. The van der Waals surface area contributed by atoms with Crippen molar-refractivity contribution in [2.24, 2.45) is 0 Å². The standard InChI is InChI=1S/C20H24F2N4O3/c1-11-6-16(23-9-17(11)29-10-20(5,21)22)19(28)25-13(3)15-7-12(2)24-18(8-15)26-14(4)27/h6-9,13H,10H2,1-5H3,(H,25,28)(H,24,26,27). The summed E-state index contributed by atoms with van der Waals surface area (Å²) < 4.78 is 30.9. The molecule has 2 amide bonds. The number of aromatic nitrogens is 2. The molecule has 2 rings (SSSR count). The number of aryl methyl sites for hydroxylation is 2. The Morgan fingerprint density at radius 2 is 1.93 bits per heavy atom. The van der Waals surface area contributed by atoms with Gasteiger partial charge in [-0.05, 0) is 50.1 Å². The molecule has 0 saturated heterocycles. The molecule has 0 aliphatic heterocycles. The third-order valence-electron chi connectivity index (χ3n) is 3.90. The summed E-state index contributed by atoms with van der Waals surface area (Å²) in [5.41, 5.74) is 2.11. The number of carbonyl (C=O) groups is 2. The van der Waals surface area contributed by atoms with E-state index in [0.29, 0.717) is 17.1 Å². The number of ether oxygens (including phenoxy) is 1. The van der Waals surface area contributed by atoms with Gasteiger partial charge in [-0.25, -0.2) is 18.7 Å². The van der Waals surface area contributed by atoms with Crippen molar-refractivity contribution < 1.29 is 23.1 Å². The van der Waals surface area contributed by atoms with Crippen molar-refractivity contribution in [3.63, 3.8) is 0 Å². The van der Waals surface area contributed by atoms with E-state index in [1.54, 1.807) is 32.9 Å². The lowest BCUT2D eigenvalue weighted by atomic mass is 10.1. The first kappa shape index (κ1) is 22.2. The maximum absolute atomic E-state index is 12.9. The van der Waals surface area contributed by atoms with Crippen LogP contribution in [0.3, 0.4) is 0 Å². The lowest BCUT2D eigenvalue weighted by molar-refractivity contribution is -0.114. The van der Waals surface area contributed by atoms with E-state index < -0.39 is 18.4 Å². The minimum atomic E-state index is -2.96. The third kappa shape index (κ3) is 6.78. The average molecular weight is 406 g/mol. The van der Waals surface area contributed by atoms with E-state index in [-0.39, 0.29) is 23.4 Å². The van der Waals surface area contributed by atoms with Crippen LogP contribution in [0.2, 0.25) is 0 Å². The summed E-state index contributed by atoms with van der Waals surface area (Å²) in [4.78, 5) is 32.0. The second kappa shape index (κ2) is 8.93. The van der Waals surface area contributed by atoms with Gasteiger partial charge in [0, 0.05) is 19.5 Å². The van der Waals surface area contributed by atoms with Crippen molar-refractivity contribution in [3.05, 3.63) is 46.9 Å². The van der Waals surface area contributed by atoms with Crippen molar-refractivity contribution >= 4 is 17.6 Å². The monoisotopic (exact) mass is 406 g/mol. The van der Waals surface area contributed by atoms with Crippen LogP contribution in [-0.4, -0.2) is 34.3 Å². The van der Waals surface area contributed by atoms with E-state index in [0.717, 1.165) is 12.5 Å². The van der Waals surface area contributed by atoms with Crippen LogP contribution in [0.4, 0.5) is 14.6 Å². The number of alkyl halides is 2. The van der Waals surface area contributed by atoms with Gasteiger partial charge in [0.05, 0.1) is 12.2 Å². The Morgan fingerprint density at radius 1 is 1.24 bits per heavy atom. The van der Waals surface area contributed by atoms with Gasteiger partial charge in [0.15, 0.2) is 6.61 Å². The molecular weight excluding hydrogens is 382 g/mol. The summed E-state index contributed by atoms with van der Waals surface area (Å²) >= 11 is 0. The number of anilines is 1. The van der Waals surface area contributed by atoms with E-state index in [1.165, 1.54) is 19.2 Å². The summed E-state index contributed by atoms with van der Waals surface area (Å²) in [7, 11) is 0. The Morgan fingerprint density at radius 3 is 2.52 bits per heavy atom. The van der Waals surface area contributed by atoms with Crippen molar-refractivity contribution in [2.75, 3.05) is 11.9 Å². The van der Waals surface area contributed by atoms with Crippen LogP contribution in [0.1, 0.15) is 54.1 Å². The van der Waals surface area contributed by atoms with E-state index in [1.807, 2.05) is 0 Å². The highest BCUT2D eigenvalue weighted by Crippen LogP contribution is 2.22. The highest BCUT2D eigenvalue weighted by Gasteiger charge is 2.23. The van der Waals surface area contributed by atoms with Crippen LogP contribution in [-0.2, 0) is 4.79 Å². The fraction of sp³-hybridized carbons (Fsp3) is 0.400. The number of nitrogens with zero attached hydrogens (tertiary/aromatic N) is 2. The molecule has 29 heavy (non-hydrogen) atoms. The van der Waals surface area contributed by atoms with Crippen molar-refractivity contribution in [2.45, 2.75) is 46.6 Å². The Kier molecular flexibility index (Phi) is 6.84. The minimum absolute atomic E-state index is 0.137. The number of amides is 2. The lowest BCUT2D eigenvalue weighted by Crippen LogP contribution is -2.28. The second-order valence-corrected chi connectivity index (χ2v) is 7.00. The highest BCUT2D eigenvalue weighted by atomic mass is 19.3. The summed E-state index contributed by atoms with van der Waals surface area (Å²) in [6, 6.07) is 4.58. The van der Waals surface area contributed by atoms with Crippen LogP contribution in [0, 0.1) is 13.8 Å². The lowest BCUT2D eigenvalue weighted by Gasteiger charge is -2.17. The SMILES string of the molecule is CC(=O)Nc1cc(C(C)NC(=O)c2cc(C)c(OCC(C)(F)F)cn2)cc(C)n1. The number of hydrogen-bond donors (Lipinski definition) is 2. The zero-order valence-corrected chi connectivity index (χ0v) is 17.0. The molecule has 0 saturated carbocycles. The zero-order valence-electron chi connectivity index (χ0n) is 17.0. The van der Waals surface area contributed by atoms with Gasteiger partial charge >= 0.3 is 0 Å². The van der Waals surface area contributed by atoms with Gasteiger partial charge in [-0.1, -0.05) is 0 Å². The van der Waals surface area contributed by atoms with E-state index in [9.17, 15) is 18.4 Å². The minimum Gasteiger partial charge on any atom is -0.485 e. The molecule has 2 aromatic heterocycles. The Balaban J connectivity index is 2.10. The summed E-state index contributed by atoms with van der Waals surface area (Å²) in [6.07, 6.45) is 1.26. The predicted molar refractivity (Wildman–Crippen MR) is 104 cm³/mol. The molecule has 0 fully saturated rings. The first-order valence-electron chi connectivity index (χ1n) is 8.99. The van der Waals surface area contributed by atoms with Crippen LogP contribution < -0.4 is 15.4 Å². The van der Waals surface area contributed by atoms with Crippen molar-refractivity contribution in [3.8, 4) is 5.75 Å². The second-order valence-electron chi connectivity index (χ2n) is 7.00. The first-order valence-corrected chi connectivity index (χ1v) is 8.99. The quantitative estimate of drug-likeness (QED) is 0.733. The molecule has 2 heterocycles. The predicted octanol–water partition coefficient (Wildman–Crippen LogP) is 3.58. The number of carbonyl (C=O) groups excluding carboxylic acids is 2. The highest BCUT2D eigenvalue weighted by molar-refractivity contribution is 5.93. The number of hydrogen-bond acceptors (Lipinski definition) is 5. The topological polar surface area (TPSA) is 93.2 Å². The maximum Gasteiger partial charge on any atom is 0.278 e. The van der Waals surface area contributed by atoms with E-state index >= 15 is 0 Å². The summed E-state index contributed by atoms with van der Waals surface area (Å²) in [5.74, 6) is -3.04. The van der Waals surface area contributed by atoms with Gasteiger partial charge in [-0.3, -0.25) is 9.59 Å². The van der Waals surface area contributed by atoms with E-state index in [4.69, 9.17) is 4.74 Å². The molecule has 156 valence electrons. The first-order chi connectivity index (χ1) is 13.4. The molecule has 1 unspecified atom stereocenters. The molecule has 0 spiro atoms. The molecular formula is C20H24F2N4O3. The number of halogens is 2. The van der Waals surface area contributed by atoms with Gasteiger partial charge in [0.2, 0.25) is 5.91 Å². The maximum atomic E-state index is 12.9. The molecule has 0 bridgehead atoms. The Labute approximate surface area is 167 Å². The molecule has 2 N–H and O–H groups in total. The molecule has 7 nitrogen and oxygen atoms in total. The normalized spacial score (nSPS) is 12.2. The third-order valence-corrected chi connectivity index (χ3v) is 3.90. The smallest absolute Gasteiger partial charge is 0.278 e. The van der Waals surface area contributed by atoms with Crippen molar-refractivity contribution in [1.29, 1.82) is 0 Å². The number of nitrogens with one attached hydrogen (secondary N) is 2. The van der Waals surface area contributed by atoms with Crippen molar-refractivity contribution in [1.82, 2.24) is 15.3 Å². The molecule has 2 aromatic rings. The van der Waals surface area contributed by atoms with E-state index in [2.05, 4.69) is 20.6 Å². The Bertz CT molecular complexity index is 913. The molecule has 1 atom stereocenters. The summed E-state index contributed by atoms with van der Waals surface area (Å²) in [6.45, 7) is 6.60. The van der Waals surface area contributed by atoms with Gasteiger partial charge in [-0.15, -0.1) is 0 Å².